The third-order valence-corrected chi connectivity index (χ3v) is 6.24. The molecule has 176 valence electrons. The zero-order valence-corrected chi connectivity index (χ0v) is 19.5. The zero-order valence-electron chi connectivity index (χ0n) is 18.0. The molecule has 1 atom stereocenters. The lowest BCUT2D eigenvalue weighted by atomic mass is 10.0. The van der Waals surface area contributed by atoms with E-state index in [-0.39, 0.29) is 40.1 Å². The van der Waals surface area contributed by atoms with Gasteiger partial charge in [0.1, 0.15) is 0 Å². The van der Waals surface area contributed by atoms with Gasteiger partial charge in [0, 0.05) is 12.1 Å². The van der Waals surface area contributed by atoms with Crippen LogP contribution in [0.1, 0.15) is 46.7 Å². The first kappa shape index (κ1) is 24.1. The summed E-state index contributed by atoms with van der Waals surface area (Å²) in [6.45, 7) is 1.83. The minimum atomic E-state index is -4.68. The van der Waals surface area contributed by atoms with Crippen molar-refractivity contribution in [2.45, 2.75) is 32.1 Å². The molecular weight excluding hydrogens is 486 g/mol. The van der Waals surface area contributed by atoms with Gasteiger partial charge in [-0.2, -0.15) is 13.2 Å². The highest BCUT2D eigenvalue weighted by Gasteiger charge is 2.37. The van der Waals surface area contributed by atoms with Gasteiger partial charge in [-0.1, -0.05) is 66.5 Å². The highest BCUT2D eigenvalue weighted by atomic mass is 35.5. The lowest BCUT2D eigenvalue weighted by Crippen LogP contribution is -2.28. The van der Waals surface area contributed by atoms with Crippen LogP contribution in [-0.2, 0) is 12.7 Å². The first-order valence-corrected chi connectivity index (χ1v) is 11.3. The van der Waals surface area contributed by atoms with Crippen LogP contribution in [0.4, 0.5) is 13.2 Å². The van der Waals surface area contributed by atoms with Crippen LogP contribution in [0.15, 0.2) is 66.7 Å². The minimum Gasteiger partial charge on any atom is -0.345 e. The van der Waals surface area contributed by atoms with Crippen molar-refractivity contribution in [2.24, 2.45) is 0 Å². The van der Waals surface area contributed by atoms with Crippen molar-refractivity contribution in [3.05, 3.63) is 99.3 Å². The van der Waals surface area contributed by atoms with Gasteiger partial charge in [-0.25, -0.2) is 4.98 Å². The fraction of sp³-hybridized carbons (Fsp3) is 0.200. The van der Waals surface area contributed by atoms with Gasteiger partial charge < -0.3 is 9.88 Å². The SMILES string of the molecule is CC[C@@H](NC(=O)c1ccc2c(c1)nc(C(F)(F)F)n2Cc1ccc(Cl)c(Cl)c1)c1ccccc1. The van der Waals surface area contributed by atoms with Crippen molar-refractivity contribution >= 4 is 40.1 Å². The van der Waals surface area contributed by atoms with Gasteiger partial charge in [0.2, 0.25) is 5.82 Å². The van der Waals surface area contributed by atoms with E-state index in [0.717, 1.165) is 10.1 Å². The number of nitrogens with zero attached hydrogens (tertiary/aromatic N) is 2. The molecular formula is C25H20Cl2F3N3O. The molecule has 0 saturated carbocycles. The maximum atomic E-state index is 13.8. The molecule has 1 amide bonds. The highest BCUT2D eigenvalue weighted by Crippen LogP contribution is 2.33. The van der Waals surface area contributed by atoms with E-state index in [2.05, 4.69) is 10.3 Å². The van der Waals surface area contributed by atoms with E-state index >= 15 is 0 Å². The first-order valence-electron chi connectivity index (χ1n) is 10.5. The molecule has 0 fully saturated rings. The predicted octanol–water partition coefficient (Wildman–Crippen LogP) is 7.29. The van der Waals surface area contributed by atoms with Crippen molar-refractivity contribution in [3.63, 3.8) is 0 Å². The summed E-state index contributed by atoms with van der Waals surface area (Å²) in [6.07, 6.45) is -4.02. The Morgan fingerprint density at radius 3 is 2.41 bits per heavy atom. The van der Waals surface area contributed by atoms with Crippen LogP contribution in [0, 0.1) is 0 Å². The van der Waals surface area contributed by atoms with Crippen LogP contribution < -0.4 is 5.32 Å². The van der Waals surface area contributed by atoms with Gasteiger partial charge in [-0.3, -0.25) is 4.79 Å². The topological polar surface area (TPSA) is 46.9 Å². The lowest BCUT2D eigenvalue weighted by molar-refractivity contribution is -0.146. The highest BCUT2D eigenvalue weighted by molar-refractivity contribution is 6.42. The second-order valence-electron chi connectivity index (χ2n) is 7.82. The summed E-state index contributed by atoms with van der Waals surface area (Å²) in [4.78, 5) is 16.7. The number of amides is 1. The smallest absolute Gasteiger partial charge is 0.345 e. The third-order valence-electron chi connectivity index (χ3n) is 5.50. The summed E-state index contributed by atoms with van der Waals surface area (Å²) < 4.78 is 42.4. The van der Waals surface area contributed by atoms with Crippen LogP contribution in [0.2, 0.25) is 10.0 Å². The predicted molar refractivity (Wildman–Crippen MR) is 127 cm³/mol. The average Bonchev–Trinajstić information content (AvgIpc) is 3.18. The number of alkyl halides is 3. The Bertz CT molecular complexity index is 1340. The van der Waals surface area contributed by atoms with E-state index in [1.165, 1.54) is 30.3 Å². The molecule has 4 aromatic rings. The normalized spacial score (nSPS) is 12.6. The standard InChI is InChI=1S/C25H20Cl2F3N3O/c1-2-20(16-6-4-3-5-7-16)31-23(34)17-9-11-22-21(13-17)32-24(25(28,29)30)33(22)14-15-8-10-18(26)19(27)12-15/h3-13,20H,2,14H2,1H3,(H,31,34)/t20-/m1/s1. The summed E-state index contributed by atoms with van der Waals surface area (Å²) in [6, 6.07) is 18.3. The third kappa shape index (κ3) is 5.05. The van der Waals surface area contributed by atoms with E-state index < -0.39 is 12.0 Å². The molecule has 9 heteroatoms. The van der Waals surface area contributed by atoms with Crippen LogP contribution in [0.5, 0.6) is 0 Å². The fourth-order valence-electron chi connectivity index (χ4n) is 3.82. The zero-order chi connectivity index (χ0) is 24.5. The molecule has 3 aromatic carbocycles. The molecule has 0 spiro atoms. The van der Waals surface area contributed by atoms with E-state index in [1.54, 1.807) is 6.07 Å². The van der Waals surface area contributed by atoms with Crippen molar-refractivity contribution in [2.75, 3.05) is 0 Å². The molecule has 0 bridgehead atoms. The van der Waals surface area contributed by atoms with Crippen LogP contribution in [0.3, 0.4) is 0 Å². The molecule has 0 unspecified atom stereocenters. The molecule has 0 aliphatic carbocycles. The van der Waals surface area contributed by atoms with Gasteiger partial charge in [0.15, 0.2) is 0 Å². The Labute approximate surface area is 204 Å². The average molecular weight is 506 g/mol. The van der Waals surface area contributed by atoms with Gasteiger partial charge >= 0.3 is 6.18 Å². The number of rotatable bonds is 6. The number of hydrogen-bond acceptors (Lipinski definition) is 2. The summed E-state index contributed by atoms with van der Waals surface area (Å²) in [7, 11) is 0. The fourth-order valence-corrected chi connectivity index (χ4v) is 4.14. The Hall–Kier alpha value is -3.03. The molecule has 34 heavy (non-hydrogen) atoms. The number of fused-ring (bicyclic) bond motifs is 1. The van der Waals surface area contributed by atoms with Gasteiger partial charge in [-0.05, 0) is 47.9 Å². The van der Waals surface area contributed by atoms with Crippen molar-refractivity contribution < 1.29 is 18.0 Å². The van der Waals surface area contributed by atoms with Crippen molar-refractivity contribution in [3.8, 4) is 0 Å². The number of halogens is 5. The minimum absolute atomic E-state index is 0.0767. The molecule has 1 aromatic heterocycles. The Kier molecular flexibility index (Phi) is 6.86. The molecule has 4 rings (SSSR count). The number of imidazole rings is 1. The van der Waals surface area contributed by atoms with Gasteiger partial charge in [-0.15, -0.1) is 0 Å². The second-order valence-corrected chi connectivity index (χ2v) is 8.63. The van der Waals surface area contributed by atoms with Crippen LogP contribution in [0.25, 0.3) is 11.0 Å². The molecule has 0 radical (unpaired) electrons. The van der Waals surface area contributed by atoms with E-state index in [1.807, 2.05) is 37.3 Å². The number of aromatic nitrogens is 2. The summed E-state index contributed by atoms with van der Waals surface area (Å²) in [5.74, 6) is -1.44. The number of carbonyl (C=O) groups is 1. The largest absolute Gasteiger partial charge is 0.449 e. The van der Waals surface area contributed by atoms with Crippen molar-refractivity contribution in [1.29, 1.82) is 0 Å². The summed E-state index contributed by atoms with van der Waals surface area (Å²) >= 11 is 12.0. The van der Waals surface area contributed by atoms with E-state index in [4.69, 9.17) is 23.2 Å². The number of benzene rings is 3. The van der Waals surface area contributed by atoms with Crippen LogP contribution >= 0.6 is 23.2 Å². The number of carbonyl (C=O) groups excluding carboxylic acids is 1. The summed E-state index contributed by atoms with van der Waals surface area (Å²) in [5, 5.41) is 3.51. The molecule has 0 saturated heterocycles. The molecule has 1 heterocycles. The monoisotopic (exact) mass is 505 g/mol. The second kappa shape index (κ2) is 9.68. The van der Waals surface area contributed by atoms with E-state index in [9.17, 15) is 18.0 Å². The Balaban J connectivity index is 1.68. The molecule has 4 nitrogen and oxygen atoms in total. The molecule has 0 aliphatic heterocycles. The molecule has 1 N–H and O–H groups in total. The lowest BCUT2D eigenvalue weighted by Gasteiger charge is -2.17. The Morgan fingerprint density at radius 1 is 1.03 bits per heavy atom. The first-order chi connectivity index (χ1) is 16.2. The number of nitrogens with one attached hydrogen (secondary N) is 1. The summed E-state index contributed by atoms with van der Waals surface area (Å²) in [5.41, 5.74) is 2.05. The Morgan fingerprint density at radius 2 is 1.76 bits per heavy atom. The maximum absolute atomic E-state index is 13.8. The van der Waals surface area contributed by atoms with Gasteiger partial charge in [0.25, 0.3) is 5.91 Å². The quantitative estimate of drug-likeness (QED) is 0.299. The van der Waals surface area contributed by atoms with Gasteiger partial charge in [0.05, 0.1) is 27.1 Å². The van der Waals surface area contributed by atoms with E-state index in [0.29, 0.717) is 17.0 Å². The molecule has 0 aliphatic rings. The van der Waals surface area contributed by atoms with Crippen molar-refractivity contribution in [1.82, 2.24) is 14.9 Å². The van der Waals surface area contributed by atoms with Crippen LogP contribution in [-0.4, -0.2) is 15.5 Å². The maximum Gasteiger partial charge on any atom is 0.449 e. The number of hydrogen-bond donors (Lipinski definition) is 1.